The molecule has 1 atom stereocenters. The molecule has 0 fully saturated rings. The van der Waals surface area contributed by atoms with Crippen LogP contribution in [0.5, 0.6) is 0 Å². The predicted molar refractivity (Wildman–Crippen MR) is 22.0 cm³/mol. The maximum Gasteiger partial charge on any atom is 0.494 e. The van der Waals surface area contributed by atoms with Gasteiger partial charge in [0, 0.05) is 0 Å². The SMILES string of the molecule is O=[PH+]OCCO. The molecule has 3 nitrogen and oxygen atoms in total. The molecule has 0 spiro atoms. The molecule has 4 heteroatoms. The van der Waals surface area contributed by atoms with E-state index in [9.17, 15) is 4.57 Å². The second-order valence-corrected chi connectivity index (χ2v) is 1.11. The van der Waals surface area contributed by atoms with Crippen LogP contribution in [0.15, 0.2) is 0 Å². The third-order valence-corrected chi connectivity index (χ3v) is 0.574. The van der Waals surface area contributed by atoms with Crippen molar-refractivity contribution in [3.8, 4) is 0 Å². The first-order valence-electron chi connectivity index (χ1n) is 1.51. The van der Waals surface area contributed by atoms with Crippen molar-refractivity contribution in [2.45, 2.75) is 0 Å². The fourth-order valence-corrected chi connectivity index (χ4v) is 0.262. The average Bonchev–Trinajstić information content (AvgIpc) is 1.61. The van der Waals surface area contributed by atoms with Crippen LogP contribution in [0.2, 0.25) is 0 Å². The molecule has 0 rings (SSSR count). The lowest BCUT2D eigenvalue weighted by molar-refractivity contribution is 0.212. The van der Waals surface area contributed by atoms with Crippen molar-refractivity contribution in [2.75, 3.05) is 13.2 Å². The van der Waals surface area contributed by atoms with Crippen LogP contribution in [-0.4, -0.2) is 18.3 Å². The van der Waals surface area contributed by atoms with Gasteiger partial charge in [0.2, 0.25) is 0 Å². The minimum absolute atomic E-state index is 0.0603. The van der Waals surface area contributed by atoms with Gasteiger partial charge in [-0.2, -0.15) is 0 Å². The summed E-state index contributed by atoms with van der Waals surface area (Å²) in [4.78, 5) is 0. The molecule has 1 N–H and O–H groups in total. The normalized spacial score (nSPS) is 9.50. The zero-order valence-corrected chi connectivity index (χ0v) is 4.18. The van der Waals surface area contributed by atoms with Crippen LogP contribution >= 0.6 is 8.69 Å². The average molecular weight is 109 g/mol. The molecule has 6 heavy (non-hydrogen) atoms. The standard InChI is InChI=1S/C2H6O3P/c3-1-2-5-6-4/h3,6H,1-2H2/q+1. The smallest absolute Gasteiger partial charge is 0.394 e. The van der Waals surface area contributed by atoms with Gasteiger partial charge in [-0.25, -0.2) is 0 Å². The monoisotopic (exact) mass is 109 g/mol. The Balaban J connectivity index is 2.49. The van der Waals surface area contributed by atoms with E-state index in [0.29, 0.717) is 0 Å². The summed E-state index contributed by atoms with van der Waals surface area (Å²) in [6.07, 6.45) is 0. The quantitative estimate of drug-likeness (QED) is 0.407. The van der Waals surface area contributed by atoms with E-state index in [0.717, 1.165) is 0 Å². The second-order valence-electron chi connectivity index (χ2n) is 0.655. The van der Waals surface area contributed by atoms with Gasteiger partial charge in [0.15, 0.2) is 0 Å². The highest BCUT2D eigenvalue weighted by atomic mass is 31.1. The molecule has 0 aromatic carbocycles. The summed E-state index contributed by atoms with van der Waals surface area (Å²) in [5, 5.41) is 7.94. The molecule has 0 aliphatic carbocycles. The lowest BCUT2D eigenvalue weighted by Crippen LogP contribution is -1.88. The molecule has 0 saturated carbocycles. The van der Waals surface area contributed by atoms with Crippen LogP contribution in [0.3, 0.4) is 0 Å². The van der Waals surface area contributed by atoms with E-state index in [1.165, 1.54) is 0 Å². The third kappa shape index (κ3) is 4.02. The number of aliphatic hydroxyl groups excluding tert-OH is 1. The van der Waals surface area contributed by atoms with Crippen LogP contribution in [0, 0.1) is 0 Å². The summed E-state index contributed by atoms with van der Waals surface area (Å²) in [6.45, 7) is 0.108. The van der Waals surface area contributed by atoms with Gasteiger partial charge in [-0.05, 0) is 4.57 Å². The largest absolute Gasteiger partial charge is 0.494 e. The minimum atomic E-state index is -0.745. The Labute approximate surface area is 37.2 Å². The molecule has 0 amide bonds. The molecular weight excluding hydrogens is 103 g/mol. The molecule has 0 heterocycles. The second kappa shape index (κ2) is 5.02. The zero-order valence-electron chi connectivity index (χ0n) is 3.18. The Kier molecular flexibility index (Phi) is 5.04. The fourth-order valence-electron chi connectivity index (χ4n) is 0.0873. The van der Waals surface area contributed by atoms with E-state index in [4.69, 9.17) is 5.11 Å². The number of rotatable bonds is 3. The van der Waals surface area contributed by atoms with E-state index in [-0.39, 0.29) is 13.2 Å². The van der Waals surface area contributed by atoms with Crippen molar-refractivity contribution >= 4 is 8.69 Å². The third-order valence-electron chi connectivity index (χ3n) is 0.252. The van der Waals surface area contributed by atoms with Crippen LogP contribution in [0.4, 0.5) is 0 Å². The van der Waals surface area contributed by atoms with Crippen LogP contribution < -0.4 is 0 Å². The van der Waals surface area contributed by atoms with Crippen molar-refractivity contribution in [2.24, 2.45) is 0 Å². The van der Waals surface area contributed by atoms with E-state index >= 15 is 0 Å². The highest BCUT2D eigenvalue weighted by Gasteiger charge is 1.84. The van der Waals surface area contributed by atoms with E-state index < -0.39 is 8.69 Å². The van der Waals surface area contributed by atoms with Crippen LogP contribution in [0.25, 0.3) is 0 Å². The van der Waals surface area contributed by atoms with E-state index in [1.54, 1.807) is 0 Å². The molecule has 1 unspecified atom stereocenters. The highest BCUT2D eigenvalue weighted by molar-refractivity contribution is 7.17. The molecular formula is C2H6O3P+. The van der Waals surface area contributed by atoms with E-state index in [1.807, 2.05) is 0 Å². The van der Waals surface area contributed by atoms with Crippen molar-refractivity contribution in [3.05, 3.63) is 0 Å². The van der Waals surface area contributed by atoms with Gasteiger partial charge < -0.3 is 5.11 Å². The summed E-state index contributed by atoms with van der Waals surface area (Å²) < 4.78 is 13.6. The molecule has 0 radical (unpaired) electrons. The highest BCUT2D eigenvalue weighted by Crippen LogP contribution is 1.89. The first-order valence-corrected chi connectivity index (χ1v) is 2.33. The lowest BCUT2D eigenvalue weighted by Gasteiger charge is -1.74. The van der Waals surface area contributed by atoms with Gasteiger partial charge >= 0.3 is 8.69 Å². The van der Waals surface area contributed by atoms with Gasteiger partial charge in [-0.1, -0.05) is 0 Å². The van der Waals surface area contributed by atoms with Crippen molar-refractivity contribution in [3.63, 3.8) is 0 Å². The molecule has 0 aromatic heterocycles. The van der Waals surface area contributed by atoms with Crippen molar-refractivity contribution in [1.82, 2.24) is 0 Å². The van der Waals surface area contributed by atoms with Gasteiger partial charge in [-0.3, -0.25) is 0 Å². The Morgan fingerprint density at radius 2 is 2.50 bits per heavy atom. The number of hydrogen-bond donors (Lipinski definition) is 1. The fraction of sp³-hybridized carbons (Fsp3) is 1.00. The van der Waals surface area contributed by atoms with Gasteiger partial charge in [-0.15, -0.1) is 4.52 Å². The summed E-state index contributed by atoms with van der Waals surface area (Å²) in [5.74, 6) is 0. The number of aliphatic hydroxyl groups is 1. The lowest BCUT2D eigenvalue weighted by atomic mass is 10.8. The molecule has 36 valence electrons. The molecule has 0 aromatic rings. The Morgan fingerprint density at radius 3 is 2.67 bits per heavy atom. The predicted octanol–water partition coefficient (Wildman–Crippen LogP) is -0.0657. The van der Waals surface area contributed by atoms with Gasteiger partial charge in [0.05, 0.1) is 6.61 Å². The van der Waals surface area contributed by atoms with Gasteiger partial charge in [0.25, 0.3) is 0 Å². The zero-order chi connectivity index (χ0) is 4.83. The van der Waals surface area contributed by atoms with Crippen LogP contribution in [0.1, 0.15) is 0 Å². The molecule has 0 bridgehead atoms. The molecule has 0 aliphatic heterocycles. The van der Waals surface area contributed by atoms with Crippen molar-refractivity contribution in [1.29, 1.82) is 0 Å². The van der Waals surface area contributed by atoms with Gasteiger partial charge in [0.1, 0.15) is 6.61 Å². The summed E-state index contributed by atoms with van der Waals surface area (Å²) in [7, 11) is -0.745. The topological polar surface area (TPSA) is 46.5 Å². The first-order chi connectivity index (χ1) is 2.91. The molecule has 0 saturated heterocycles. The Bertz CT molecular complexity index is 37.8. The number of hydrogen-bond acceptors (Lipinski definition) is 3. The first kappa shape index (κ1) is 6.02. The Morgan fingerprint density at radius 1 is 1.83 bits per heavy atom. The Hall–Kier alpha value is 0.0200. The summed E-state index contributed by atoms with van der Waals surface area (Å²) in [6, 6.07) is 0. The summed E-state index contributed by atoms with van der Waals surface area (Å²) >= 11 is 0. The van der Waals surface area contributed by atoms with Crippen LogP contribution in [-0.2, 0) is 9.09 Å². The summed E-state index contributed by atoms with van der Waals surface area (Å²) in [5.41, 5.74) is 0. The molecule has 0 aliphatic rings. The maximum absolute atomic E-state index is 9.38. The minimum Gasteiger partial charge on any atom is -0.394 e. The maximum atomic E-state index is 9.38. The van der Waals surface area contributed by atoms with E-state index in [2.05, 4.69) is 4.52 Å². The van der Waals surface area contributed by atoms with Crippen molar-refractivity contribution < 1.29 is 14.2 Å².